The first kappa shape index (κ1) is 20.0. The molecule has 5 nitrogen and oxygen atoms in total. The predicted molar refractivity (Wildman–Crippen MR) is 121 cm³/mol. The van der Waals surface area contributed by atoms with E-state index in [-0.39, 0.29) is 11.9 Å². The normalized spacial score (nSPS) is 21.1. The van der Waals surface area contributed by atoms with E-state index < -0.39 is 0 Å². The molecular formula is C22H23ClN4OS. The van der Waals surface area contributed by atoms with Crippen molar-refractivity contribution in [2.24, 2.45) is 4.99 Å². The van der Waals surface area contributed by atoms with Crippen LogP contribution in [-0.4, -0.2) is 27.0 Å². The molecule has 2 aromatic rings. The zero-order valence-corrected chi connectivity index (χ0v) is 17.8. The van der Waals surface area contributed by atoms with Crippen LogP contribution in [0.1, 0.15) is 44.6 Å². The van der Waals surface area contributed by atoms with E-state index >= 15 is 0 Å². The number of halogens is 1. The van der Waals surface area contributed by atoms with Gasteiger partial charge in [-0.25, -0.2) is 9.98 Å². The standard InChI is InChI=1S/C22H23ClN4OS/c1-14(15-7-5-8-16(24)13-15)19-21(28)27(17-9-3-2-4-10-17)22(29-19)26-18-11-6-12-25-20(18)23/h5-8,11-13,17H,2-4,9-10,24H2,1H3/b19-14-,26-22?. The number of carbonyl (C=O) groups is 1. The first-order valence-corrected chi connectivity index (χ1v) is 11.0. The molecule has 1 aromatic carbocycles. The van der Waals surface area contributed by atoms with E-state index in [2.05, 4.69) is 4.98 Å². The van der Waals surface area contributed by atoms with Crippen LogP contribution in [0.25, 0.3) is 5.57 Å². The predicted octanol–water partition coefficient (Wildman–Crippen LogP) is 5.64. The Morgan fingerprint density at radius 2 is 2.03 bits per heavy atom. The molecule has 0 bridgehead atoms. The molecule has 1 amide bonds. The topological polar surface area (TPSA) is 71.6 Å². The maximum Gasteiger partial charge on any atom is 0.267 e. The molecule has 0 unspecified atom stereocenters. The summed E-state index contributed by atoms with van der Waals surface area (Å²) in [6.07, 6.45) is 7.11. The van der Waals surface area contributed by atoms with Gasteiger partial charge in [0, 0.05) is 17.9 Å². The van der Waals surface area contributed by atoms with Gasteiger partial charge in [-0.2, -0.15) is 0 Å². The van der Waals surface area contributed by atoms with E-state index in [1.807, 2.05) is 42.2 Å². The molecule has 1 aromatic heterocycles. The van der Waals surface area contributed by atoms with Gasteiger partial charge in [-0.05, 0) is 66.9 Å². The number of hydrogen-bond acceptors (Lipinski definition) is 5. The zero-order chi connectivity index (χ0) is 20.4. The van der Waals surface area contributed by atoms with Crippen LogP contribution in [0.15, 0.2) is 52.5 Å². The Morgan fingerprint density at radius 3 is 2.76 bits per heavy atom. The van der Waals surface area contributed by atoms with Gasteiger partial charge in [0.25, 0.3) is 5.91 Å². The average molecular weight is 427 g/mol. The SMILES string of the molecule is C/C(=C1/SC(=Nc2cccnc2Cl)N(C2CCCCC2)C1=O)c1cccc(N)c1. The van der Waals surface area contributed by atoms with Crippen LogP contribution < -0.4 is 5.73 Å². The molecule has 29 heavy (non-hydrogen) atoms. The summed E-state index contributed by atoms with van der Waals surface area (Å²) < 4.78 is 0. The maximum atomic E-state index is 13.5. The van der Waals surface area contributed by atoms with E-state index in [1.54, 1.807) is 12.3 Å². The number of carbonyl (C=O) groups excluding carboxylic acids is 1. The van der Waals surface area contributed by atoms with Crippen molar-refractivity contribution < 1.29 is 4.79 Å². The first-order chi connectivity index (χ1) is 14.0. The number of allylic oxidation sites excluding steroid dienone is 1. The number of nitrogen functional groups attached to an aromatic ring is 1. The minimum atomic E-state index is 0.0144. The lowest BCUT2D eigenvalue weighted by atomic mass is 9.94. The minimum absolute atomic E-state index is 0.0144. The molecule has 0 atom stereocenters. The molecule has 2 fully saturated rings. The third kappa shape index (κ3) is 4.19. The molecule has 1 saturated heterocycles. The second-order valence-corrected chi connectivity index (χ2v) is 8.69. The molecule has 4 rings (SSSR count). The number of rotatable bonds is 3. The van der Waals surface area contributed by atoms with Crippen LogP contribution in [0.5, 0.6) is 0 Å². The Bertz CT molecular complexity index is 998. The van der Waals surface area contributed by atoms with E-state index in [9.17, 15) is 4.79 Å². The summed E-state index contributed by atoms with van der Waals surface area (Å²) in [6.45, 7) is 1.97. The summed E-state index contributed by atoms with van der Waals surface area (Å²) in [7, 11) is 0. The van der Waals surface area contributed by atoms with Crippen molar-refractivity contribution in [3.05, 3.63) is 58.2 Å². The van der Waals surface area contributed by atoms with Crippen molar-refractivity contribution in [2.45, 2.75) is 45.1 Å². The number of aromatic nitrogens is 1. The Hall–Kier alpha value is -2.31. The Labute approximate surface area is 180 Å². The summed E-state index contributed by atoms with van der Waals surface area (Å²) in [4.78, 5) is 24.9. The van der Waals surface area contributed by atoms with Gasteiger partial charge in [0.05, 0.1) is 4.91 Å². The molecule has 7 heteroatoms. The average Bonchev–Trinajstić information content (AvgIpc) is 3.05. The van der Waals surface area contributed by atoms with Crippen molar-refractivity contribution >= 4 is 51.4 Å². The molecule has 1 saturated carbocycles. The monoisotopic (exact) mass is 426 g/mol. The van der Waals surface area contributed by atoms with Gasteiger partial charge < -0.3 is 5.73 Å². The second kappa shape index (κ2) is 8.59. The number of amides is 1. The third-order valence-electron chi connectivity index (χ3n) is 5.37. The largest absolute Gasteiger partial charge is 0.399 e. The van der Waals surface area contributed by atoms with Gasteiger partial charge in [0.2, 0.25) is 0 Å². The van der Waals surface area contributed by atoms with Gasteiger partial charge in [0.1, 0.15) is 5.69 Å². The Kier molecular flexibility index (Phi) is 5.92. The summed E-state index contributed by atoms with van der Waals surface area (Å²) in [5, 5.41) is 1.01. The molecule has 2 heterocycles. The highest BCUT2D eigenvalue weighted by atomic mass is 35.5. The molecular weight excluding hydrogens is 404 g/mol. The van der Waals surface area contributed by atoms with Crippen LogP contribution in [-0.2, 0) is 4.79 Å². The summed E-state index contributed by atoms with van der Waals surface area (Å²) in [5.74, 6) is 0.0144. The number of nitrogens with zero attached hydrogens (tertiary/aromatic N) is 3. The van der Waals surface area contributed by atoms with Crippen LogP contribution in [0, 0.1) is 0 Å². The summed E-state index contributed by atoms with van der Waals surface area (Å²) in [6, 6.07) is 11.4. The fourth-order valence-corrected chi connectivity index (χ4v) is 5.10. The van der Waals surface area contributed by atoms with Gasteiger partial charge in [-0.1, -0.05) is 43.0 Å². The molecule has 0 radical (unpaired) electrons. The fraction of sp³-hybridized carbons (Fsp3) is 0.318. The number of anilines is 1. The number of benzene rings is 1. The van der Waals surface area contributed by atoms with Crippen molar-refractivity contribution in [1.82, 2.24) is 9.88 Å². The van der Waals surface area contributed by atoms with E-state index in [4.69, 9.17) is 22.3 Å². The Morgan fingerprint density at radius 1 is 1.24 bits per heavy atom. The van der Waals surface area contributed by atoms with Gasteiger partial charge in [-0.3, -0.25) is 9.69 Å². The second-order valence-electron chi connectivity index (χ2n) is 7.36. The van der Waals surface area contributed by atoms with E-state index in [1.165, 1.54) is 18.2 Å². The van der Waals surface area contributed by atoms with Gasteiger partial charge in [-0.15, -0.1) is 0 Å². The van der Waals surface area contributed by atoms with Crippen LogP contribution in [0.4, 0.5) is 11.4 Å². The molecule has 2 N–H and O–H groups in total. The first-order valence-electron chi connectivity index (χ1n) is 9.82. The smallest absolute Gasteiger partial charge is 0.267 e. The highest BCUT2D eigenvalue weighted by molar-refractivity contribution is 8.18. The summed E-state index contributed by atoms with van der Waals surface area (Å²) in [5.41, 5.74) is 9.07. The number of nitrogens with two attached hydrogens (primary N) is 1. The van der Waals surface area contributed by atoms with Crippen molar-refractivity contribution in [2.75, 3.05) is 5.73 Å². The van der Waals surface area contributed by atoms with Crippen LogP contribution >= 0.6 is 23.4 Å². The fourth-order valence-electron chi connectivity index (χ4n) is 3.82. The number of pyridine rings is 1. The van der Waals surface area contributed by atoms with Crippen LogP contribution in [0.2, 0.25) is 5.15 Å². The zero-order valence-electron chi connectivity index (χ0n) is 16.3. The van der Waals surface area contributed by atoms with Crippen LogP contribution in [0.3, 0.4) is 0 Å². The Balaban J connectivity index is 1.77. The molecule has 150 valence electrons. The molecule has 1 aliphatic carbocycles. The third-order valence-corrected chi connectivity index (χ3v) is 6.81. The highest BCUT2D eigenvalue weighted by Crippen LogP contribution is 2.41. The molecule has 0 spiro atoms. The van der Waals surface area contributed by atoms with Gasteiger partial charge >= 0.3 is 0 Å². The molecule has 2 aliphatic rings. The summed E-state index contributed by atoms with van der Waals surface area (Å²) >= 11 is 7.64. The lowest BCUT2D eigenvalue weighted by Crippen LogP contribution is -2.40. The quantitative estimate of drug-likeness (QED) is 0.391. The number of hydrogen-bond donors (Lipinski definition) is 1. The lowest BCUT2D eigenvalue weighted by molar-refractivity contribution is -0.124. The number of amidine groups is 1. The lowest BCUT2D eigenvalue weighted by Gasteiger charge is -2.30. The highest BCUT2D eigenvalue weighted by Gasteiger charge is 2.39. The number of thioether (sulfide) groups is 1. The van der Waals surface area contributed by atoms with Crippen molar-refractivity contribution in [1.29, 1.82) is 0 Å². The van der Waals surface area contributed by atoms with Gasteiger partial charge in [0.15, 0.2) is 10.3 Å². The maximum absolute atomic E-state index is 13.5. The van der Waals surface area contributed by atoms with Crippen molar-refractivity contribution in [3.8, 4) is 0 Å². The number of aliphatic imine (C=N–C) groups is 1. The van der Waals surface area contributed by atoms with E-state index in [0.717, 1.165) is 36.8 Å². The molecule has 1 aliphatic heterocycles. The van der Waals surface area contributed by atoms with E-state index in [0.29, 0.717) is 26.6 Å². The van der Waals surface area contributed by atoms with Crippen molar-refractivity contribution in [3.63, 3.8) is 0 Å². The minimum Gasteiger partial charge on any atom is -0.399 e.